The standard InChI is InChI=1S/C26H31ClN4O3S/c27-21-8-6-19(7-9-21)23-17-22(24-5-2-16-35-24)28-31(23)25(32)18-30(26(33)20-3-1-4-20)11-10-29-12-14-34-15-13-29/h2,5-9,16,20,23H,1,3-4,10-15,17-18H2/t23-/m0/s1. The molecule has 3 heterocycles. The molecule has 1 aromatic carbocycles. The number of morpholine rings is 1. The maximum absolute atomic E-state index is 13.7. The van der Waals surface area contributed by atoms with Crippen LogP contribution in [0.5, 0.6) is 0 Å². The number of carbonyl (C=O) groups is 2. The highest BCUT2D eigenvalue weighted by Crippen LogP contribution is 2.35. The van der Waals surface area contributed by atoms with E-state index in [0.29, 0.717) is 31.2 Å². The highest BCUT2D eigenvalue weighted by atomic mass is 35.5. The van der Waals surface area contributed by atoms with Gasteiger partial charge in [-0.05, 0) is 42.0 Å². The van der Waals surface area contributed by atoms with Crippen molar-refractivity contribution in [2.75, 3.05) is 45.9 Å². The summed E-state index contributed by atoms with van der Waals surface area (Å²) < 4.78 is 5.45. The quantitative estimate of drug-likeness (QED) is 0.533. The zero-order chi connectivity index (χ0) is 24.2. The van der Waals surface area contributed by atoms with Gasteiger partial charge in [-0.2, -0.15) is 5.10 Å². The molecular weight excluding hydrogens is 484 g/mol. The van der Waals surface area contributed by atoms with E-state index in [1.165, 1.54) is 0 Å². The van der Waals surface area contributed by atoms with E-state index in [1.807, 2.05) is 41.8 Å². The average Bonchev–Trinajstić information content (AvgIpc) is 3.52. The molecule has 1 saturated carbocycles. The predicted octanol–water partition coefficient (Wildman–Crippen LogP) is 4.04. The van der Waals surface area contributed by atoms with Crippen LogP contribution < -0.4 is 0 Å². The van der Waals surface area contributed by atoms with Gasteiger partial charge < -0.3 is 9.64 Å². The third-order valence-corrected chi connectivity index (χ3v) is 8.28. The summed E-state index contributed by atoms with van der Waals surface area (Å²) in [6.07, 6.45) is 3.55. The van der Waals surface area contributed by atoms with Crippen molar-refractivity contribution in [3.8, 4) is 0 Å². The fraction of sp³-hybridized carbons (Fsp3) is 0.500. The van der Waals surface area contributed by atoms with Crippen LogP contribution in [-0.2, 0) is 14.3 Å². The Labute approximate surface area is 215 Å². The van der Waals surface area contributed by atoms with Gasteiger partial charge in [0, 0.05) is 43.5 Å². The Hall–Kier alpha value is -2.26. The first-order valence-electron chi connectivity index (χ1n) is 12.4. The van der Waals surface area contributed by atoms with E-state index in [-0.39, 0.29) is 30.3 Å². The molecule has 186 valence electrons. The SMILES string of the molecule is O=C(C1CCC1)N(CCN1CCOCC1)CC(=O)N1N=C(c2cccs2)C[C@H]1c1ccc(Cl)cc1. The number of amides is 2. The lowest BCUT2D eigenvalue weighted by Gasteiger charge is -2.34. The summed E-state index contributed by atoms with van der Waals surface area (Å²) in [6.45, 7) is 4.49. The minimum atomic E-state index is -0.211. The van der Waals surface area contributed by atoms with Gasteiger partial charge >= 0.3 is 0 Å². The number of benzene rings is 1. The molecule has 0 spiro atoms. The van der Waals surface area contributed by atoms with Crippen molar-refractivity contribution in [2.24, 2.45) is 11.0 Å². The van der Waals surface area contributed by atoms with E-state index in [4.69, 9.17) is 21.4 Å². The number of nitrogens with zero attached hydrogens (tertiary/aromatic N) is 4. The van der Waals surface area contributed by atoms with Gasteiger partial charge in [0.05, 0.1) is 29.8 Å². The third kappa shape index (κ3) is 5.77. The first-order valence-corrected chi connectivity index (χ1v) is 13.6. The van der Waals surface area contributed by atoms with Gasteiger partial charge in [-0.15, -0.1) is 11.3 Å². The molecule has 9 heteroatoms. The fourth-order valence-electron chi connectivity index (χ4n) is 4.78. The van der Waals surface area contributed by atoms with Crippen LogP contribution in [0.25, 0.3) is 0 Å². The maximum atomic E-state index is 13.7. The van der Waals surface area contributed by atoms with Gasteiger partial charge in [-0.3, -0.25) is 14.5 Å². The van der Waals surface area contributed by atoms with Crippen molar-refractivity contribution in [1.29, 1.82) is 0 Å². The molecule has 2 aliphatic heterocycles. The lowest BCUT2D eigenvalue weighted by Crippen LogP contribution is -2.49. The number of carbonyl (C=O) groups excluding carboxylic acids is 2. The second-order valence-electron chi connectivity index (χ2n) is 9.38. The molecule has 35 heavy (non-hydrogen) atoms. The van der Waals surface area contributed by atoms with Gasteiger partial charge in [0.1, 0.15) is 6.54 Å². The number of hydrogen-bond donors (Lipinski definition) is 0. The number of ether oxygens (including phenoxy) is 1. The summed E-state index contributed by atoms with van der Waals surface area (Å²) in [5.74, 6) is -0.00275. The Balaban J connectivity index is 1.34. The van der Waals surface area contributed by atoms with E-state index in [1.54, 1.807) is 21.2 Å². The van der Waals surface area contributed by atoms with Crippen molar-refractivity contribution in [1.82, 2.24) is 14.8 Å². The van der Waals surface area contributed by atoms with Crippen LogP contribution in [0.2, 0.25) is 5.02 Å². The van der Waals surface area contributed by atoms with Crippen LogP contribution in [-0.4, -0.2) is 78.3 Å². The molecule has 2 fully saturated rings. The van der Waals surface area contributed by atoms with Crippen molar-refractivity contribution < 1.29 is 14.3 Å². The highest BCUT2D eigenvalue weighted by Gasteiger charge is 2.36. The van der Waals surface area contributed by atoms with Gasteiger partial charge in [-0.1, -0.05) is 36.2 Å². The first-order chi connectivity index (χ1) is 17.1. The molecule has 5 rings (SSSR count). The maximum Gasteiger partial charge on any atom is 0.262 e. The largest absolute Gasteiger partial charge is 0.379 e. The summed E-state index contributed by atoms with van der Waals surface area (Å²) in [5.41, 5.74) is 1.89. The van der Waals surface area contributed by atoms with Gasteiger partial charge in [0.2, 0.25) is 5.91 Å². The molecule has 0 bridgehead atoms. The molecule has 0 radical (unpaired) electrons. The van der Waals surface area contributed by atoms with Crippen LogP contribution in [0.4, 0.5) is 0 Å². The van der Waals surface area contributed by atoms with Crippen LogP contribution in [0.15, 0.2) is 46.9 Å². The van der Waals surface area contributed by atoms with E-state index in [9.17, 15) is 9.59 Å². The second kappa shape index (κ2) is 11.2. The zero-order valence-electron chi connectivity index (χ0n) is 19.8. The lowest BCUT2D eigenvalue weighted by atomic mass is 9.84. The van der Waals surface area contributed by atoms with Crippen molar-refractivity contribution in [3.63, 3.8) is 0 Å². The summed E-state index contributed by atoms with van der Waals surface area (Å²) in [5, 5.41) is 9.03. The van der Waals surface area contributed by atoms with Gasteiger partial charge in [0.15, 0.2) is 0 Å². The normalized spacial score (nSPS) is 21.0. The smallest absolute Gasteiger partial charge is 0.262 e. The van der Waals surface area contributed by atoms with Crippen LogP contribution >= 0.6 is 22.9 Å². The van der Waals surface area contributed by atoms with E-state index >= 15 is 0 Å². The molecule has 1 aliphatic carbocycles. The Morgan fingerprint density at radius 1 is 1.14 bits per heavy atom. The molecule has 0 N–H and O–H groups in total. The van der Waals surface area contributed by atoms with Crippen molar-refractivity contribution in [2.45, 2.75) is 31.7 Å². The molecule has 0 unspecified atom stereocenters. The third-order valence-electron chi connectivity index (χ3n) is 7.11. The number of hydrogen-bond acceptors (Lipinski definition) is 6. The molecule has 1 atom stereocenters. The predicted molar refractivity (Wildman–Crippen MR) is 138 cm³/mol. The Kier molecular flexibility index (Phi) is 7.82. The Bertz CT molecular complexity index is 1050. The van der Waals surface area contributed by atoms with Crippen LogP contribution in [0.3, 0.4) is 0 Å². The minimum Gasteiger partial charge on any atom is -0.379 e. The van der Waals surface area contributed by atoms with Crippen molar-refractivity contribution in [3.05, 3.63) is 57.2 Å². The highest BCUT2D eigenvalue weighted by molar-refractivity contribution is 7.12. The summed E-state index contributed by atoms with van der Waals surface area (Å²) >= 11 is 7.74. The molecular formula is C26H31ClN4O3S. The van der Waals surface area contributed by atoms with Crippen molar-refractivity contribution >= 4 is 40.5 Å². The number of rotatable bonds is 8. The molecule has 3 aliphatic rings. The first kappa shape index (κ1) is 24.4. The Morgan fingerprint density at radius 2 is 1.91 bits per heavy atom. The zero-order valence-corrected chi connectivity index (χ0v) is 21.3. The van der Waals surface area contributed by atoms with Gasteiger partial charge in [-0.25, -0.2) is 5.01 Å². The van der Waals surface area contributed by atoms with Gasteiger partial charge in [0.25, 0.3) is 5.91 Å². The molecule has 7 nitrogen and oxygen atoms in total. The lowest BCUT2D eigenvalue weighted by molar-refractivity contribution is -0.145. The number of halogens is 1. The topological polar surface area (TPSA) is 65.5 Å². The second-order valence-corrected chi connectivity index (χ2v) is 10.8. The summed E-state index contributed by atoms with van der Waals surface area (Å²) in [7, 11) is 0. The van der Waals surface area contributed by atoms with Crippen LogP contribution in [0.1, 0.15) is 42.2 Å². The fourth-order valence-corrected chi connectivity index (χ4v) is 5.63. The summed E-state index contributed by atoms with van der Waals surface area (Å²) in [4.78, 5) is 32.1. The molecule has 1 saturated heterocycles. The molecule has 2 aromatic rings. The monoisotopic (exact) mass is 514 g/mol. The molecule has 2 amide bonds. The van der Waals surface area contributed by atoms with E-state index in [2.05, 4.69) is 4.90 Å². The number of hydrazone groups is 1. The minimum absolute atomic E-state index is 0.0447. The molecule has 1 aromatic heterocycles. The number of thiophene rings is 1. The van der Waals surface area contributed by atoms with Crippen LogP contribution in [0, 0.1) is 5.92 Å². The summed E-state index contributed by atoms with van der Waals surface area (Å²) in [6, 6.07) is 11.4. The Morgan fingerprint density at radius 3 is 2.57 bits per heavy atom. The average molecular weight is 515 g/mol. The van der Waals surface area contributed by atoms with E-state index < -0.39 is 0 Å². The van der Waals surface area contributed by atoms with E-state index in [0.717, 1.165) is 55.0 Å².